The molecule has 0 saturated carbocycles. The number of nitrogens with zero attached hydrogens (tertiary/aromatic N) is 4. The van der Waals surface area contributed by atoms with Gasteiger partial charge in [-0.15, -0.1) is 0 Å². The van der Waals surface area contributed by atoms with Crippen LogP contribution in [0.15, 0.2) is 6.20 Å². The van der Waals surface area contributed by atoms with Crippen LogP contribution in [-0.2, 0) is 17.7 Å². The Morgan fingerprint density at radius 1 is 1.50 bits per heavy atom. The van der Waals surface area contributed by atoms with Crippen LogP contribution in [0.25, 0.3) is 0 Å². The summed E-state index contributed by atoms with van der Waals surface area (Å²) < 4.78 is 5.41. The molecule has 3 rings (SSSR count). The van der Waals surface area contributed by atoms with Gasteiger partial charge in [-0.2, -0.15) is 0 Å². The molecule has 0 aromatic carbocycles. The van der Waals surface area contributed by atoms with Crippen molar-refractivity contribution in [2.45, 2.75) is 25.9 Å². The zero-order chi connectivity index (χ0) is 14.1. The van der Waals surface area contributed by atoms with Gasteiger partial charge in [0, 0.05) is 19.3 Å². The first-order valence-electron chi connectivity index (χ1n) is 6.82. The van der Waals surface area contributed by atoms with Gasteiger partial charge in [0.15, 0.2) is 0 Å². The van der Waals surface area contributed by atoms with Crippen LogP contribution in [0.5, 0.6) is 0 Å². The molecule has 0 bridgehead atoms. The quantitative estimate of drug-likeness (QED) is 0.816. The predicted octanol–water partition coefficient (Wildman–Crippen LogP) is 0.738. The molecule has 1 aromatic rings. The molecule has 1 unspecified atom stereocenters. The normalized spacial score (nSPS) is 22.6. The fourth-order valence-corrected chi connectivity index (χ4v) is 2.62. The number of morpholine rings is 1. The fraction of sp³-hybridized carbons (Fsp3) is 0.615. The molecule has 1 atom stereocenters. The zero-order valence-corrected chi connectivity index (χ0v) is 11.4. The maximum atomic E-state index is 11.1. The van der Waals surface area contributed by atoms with Gasteiger partial charge in [-0.25, -0.2) is 14.8 Å². The Morgan fingerprint density at radius 2 is 2.35 bits per heavy atom. The SMILES string of the molecule is CC1COCCN1c1ncc2c(n1)CN(C(=O)O)CC2. The maximum absolute atomic E-state index is 11.1. The molecule has 7 nitrogen and oxygen atoms in total. The Bertz CT molecular complexity index is 522. The number of hydrogen-bond acceptors (Lipinski definition) is 5. The third-order valence-corrected chi connectivity index (χ3v) is 3.83. The number of carboxylic acid groups (broad SMARTS) is 1. The summed E-state index contributed by atoms with van der Waals surface area (Å²) in [7, 11) is 0. The van der Waals surface area contributed by atoms with Crippen molar-refractivity contribution in [3.8, 4) is 0 Å². The topological polar surface area (TPSA) is 78.8 Å². The van der Waals surface area contributed by atoms with Gasteiger partial charge in [0.05, 0.1) is 31.5 Å². The van der Waals surface area contributed by atoms with E-state index in [1.807, 2.05) is 6.20 Å². The molecule has 20 heavy (non-hydrogen) atoms. The number of hydrogen-bond donors (Lipinski definition) is 1. The lowest BCUT2D eigenvalue weighted by Crippen LogP contribution is -2.45. The van der Waals surface area contributed by atoms with Gasteiger partial charge in [-0.1, -0.05) is 0 Å². The first-order valence-corrected chi connectivity index (χ1v) is 6.82. The summed E-state index contributed by atoms with van der Waals surface area (Å²) in [6.07, 6.45) is 1.62. The van der Waals surface area contributed by atoms with Crippen molar-refractivity contribution in [2.24, 2.45) is 0 Å². The molecule has 0 aliphatic carbocycles. The van der Waals surface area contributed by atoms with Gasteiger partial charge in [0.25, 0.3) is 0 Å². The van der Waals surface area contributed by atoms with Crippen LogP contribution in [0, 0.1) is 0 Å². The van der Waals surface area contributed by atoms with Crippen molar-refractivity contribution in [3.63, 3.8) is 0 Å². The van der Waals surface area contributed by atoms with Crippen LogP contribution < -0.4 is 4.90 Å². The summed E-state index contributed by atoms with van der Waals surface area (Å²) in [6.45, 7) is 5.04. The third kappa shape index (κ3) is 2.40. The minimum atomic E-state index is -0.893. The van der Waals surface area contributed by atoms with Crippen molar-refractivity contribution >= 4 is 12.0 Å². The van der Waals surface area contributed by atoms with Crippen LogP contribution in [0.1, 0.15) is 18.2 Å². The summed E-state index contributed by atoms with van der Waals surface area (Å²) in [4.78, 5) is 23.6. The highest BCUT2D eigenvalue weighted by Gasteiger charge is 2.25. The summed E-state index contributed by atoms with van der Waals surface area (Å²) >= 11 is 0. The second kappa shape index (κ2) is 5.24. The minimum absolute atomic E-state index is 0.237. The standard InChI is InChI=1S/C13H18N4O3/c1-9-8-20-5-4-17(9)12-14-6-10-2-3-16(13(18)19)7-11(10)15-12/h6,9H,2-5,7-8H2,1H3,(H,18,19). The number of fused-ring (bicyclic) bond motifs is 1. The molecule has 1 N–H and O–H groups in total. The predicted molar refractivity (Wildman–Crippen MR) is 71.8 cm³/mol. The summed E-state index contributed by atoms with van der Waals surface area (Å²) in [6, 6.07) is 0.237. The number of rotatable bonds is 1. The van der Waals surface area contributed by atoms with Crippen LogP contribution in [0.3, 0.4) is 0 Å². The van der Waals surface area contributed by atoms with Crippen molar-refractivity contribution in [2.75, 3.05) is 31.2 Å². The monoisotopic (exact) mass is 278 g/mol. The average Bonchev–Trinajstić information content (AvgIpc) is 2.46. The van der Waals surface area contributed by atoms with E-state index in [-0.39, 0.29) is 6.04 Å². The van der Waals surface area contributed by atoms with Gasteiger partial charge in [0.2, 0.25) is 5.95 Å². The Kier molecular flexibility index (Phi) is 3.43. The largest absolute Gasteiger partial charge is 0.465 e. The molecule has 1 aromatic heterocycles. The molecule has 0 radical (unpaired) electrons. The molecule has 2 aliphatic rings. The highest BCUT2D eigenvalue weighted by molar-refractivity contribution is 5.65. The molecule has 1 fully saturated rings. The summed E-state index contributed by atoms with van der Waals surface area (Å²) in [5.41, 5.74) is 1.87. The van der Waals surface area contributed by atoms with E-state index in [1.165, 1.54) is 4.90 Å². The zero-order valence-electron chi connectivity index (χ0n) is 11.4. The van der Waals surface area contributed by atoms with E-state index in [1.54, 1.807) is 0 Å². The minimum Gasteiger partial charge on any atom is -0.465 e. The van der Waals surface area contributed by atoms with E-state index in [0.717, 1.165) is 17.8 Å². The number of amides is 1. The van der Waals surface area contributed by atoms with Crippen LogP contribution in [-0.4, -0.2) is 58.4 Å². The number of aromatic nitrogens is 2. The van der Waals surface area contributed by atoms with Crippen molar-refractivity contribution in [1.82, 2.24) is 14.9 Å². The number of ether oxygens (including phenoxy) is 1. The third-order valence-electron chi connectivity index (χ3n) is 3.83. The van der Waals surface area contributed by atoms with Gasteiger partial charge >= 0.3 is 6.09 Å². The highest BCUT2D eigenvalue weighted by atomic mass is 16.5. The second-order valence-electron chi connectivity index (χ2n) is 5.21. The van der Waals surface area contributed by atoms with E-state index in [0.29, 0.717) is 38.7 Å². The summed E-state index contributed by atoms with van der Waals surface area (Å²) in [5, 5.41) is 9.08. The van der Waals surface area contributed by atoms with Crippen molar-refractivity contribution in [3.05, 3.63) is 17.5 Å². The van der Waals surface area contributed by atoms with Crippen LogP contribution in [0.4, 0.5) is 10.7 Å². The van der Waals surface area contributed by atoms with E-state index in [2.05, 4.69) is 21.8 Å². The summed E-state index contributed by atoms with van der Waals surface area (Å²) in [5.74, 6) is 0.673. The molecular weight excluding hydrogens is 260 g/mol. The second-order valence-corrected chi connectivity index (χ2v) is 5.21. The van der Waals surface area contributed by atoms with E-state index >= 15 is 0 Å². The first-order chi connectivity index (χ1) is 9.65. The van der Waals surface area contributed by atoms with Gasteiger partial charge < -0.3 is 19.6 Å². The highest BCUT2D eigenvalue weighted by Crippen LogP contribution is 2.21. The molecule has 3 heterocycles. The lowest BCUT2D eigenvalue weighted by molar-refractivity contribution is 0.0980. The Labute approximate surface area is 117 Å². The van der Waals surface area contributed by atoms with Gasteiger partial charge in [-0.05, 0) is 18.9 Å². The van der Waals surface area contributed by atoms with Gasteiger partial charge in [0.1, 0.15) is 0 Å². The van der Waals surface area contributed by atoms with Gasteiger partial charge in [-0.3, -0.25) is 0 Å². The molecule has 7 heteroatoms. The van der Waals surface area contributed by atoms with E-state index in [4.69, 9.17) is 9.84 Å². The smallest absolute Gasteiger partial charge is 0.407 e. The van der Waals surface area contributed by atoms with Crippen molar-refractivity contribution < 1.29 is 14.6 Å². The first kappa shape index (κ1) is 13.1. The molecular formula is C13H18N4O3. The molecule has 0 spiro atoms. The average molecular weight is 278 g/mol. The van der Waals surface area contributed by atoms with Crippen LogP contribution >= 0.6 is 0 Å². The lowest BCUT2D eigenvalue weighted by Gasteiger charge is -2.34. The van der Waals surface area contributed by atoms with E-state index < -0.39 is 6.09 Å². The fourth-order valence-electron chi connectivity index (χ4n) is 2.62. The van der Waals surface area contributed by atoms with Crippen molar-refractivity contribution in [1.29, 1.82) is 0 Å². The molecule has 1 saturated heterocycles. The molecule has 1 amide bonds. The number of anilines is 1. The van der Waals surface area contributed by atoms with E-state index in [9.17, 15) is 4.79 Å². The molecule has 2 aliphatic heterocycles. The number of carbonyl (C=O) groups is 1. The maximum Gasteiger partial charge on any atom is 0.407 e. The van der Waals surface area contributed by atoms with Crippen LogP contribution in [0.2, 0.25) is 0 Å². The Morgan fingerprint density at radius 3 is 3.10 bits per heavy atom. The lowest BCUT2D eigenvalue weighted by atomic mass is 10.1. The Balaban J connectivity index is 1.85. The Hall–Kier alpha value is -1.89. The molecule has 108 valence electrons.